The van der Waals surface area contributed by atoms with E-state index in [0.29, 0.717) is 22.4 Å². The number of nitrogens with two attached hydrogens (primary N) is 1. The standard InChI is InChI=1S/C21H22F3N5O3/c1-12-8-14-9-13(4-6-16(14)26-19(12)25)20(30)29(11-17(31-2)21(22,23)24)10-15-5-7-18(32-3)28-27-15/h4-9,17H,10-11H2,1-3H3,(H2,25,26). The predicted octanol–water partition coefficient (Wildman–Crippen LogP) is 3.14. The number of aromatic nitrogens is 3. The molecule has 11 heteroatoms. The quantitative estimate of drug-likeness (QED) is 0.591. The molecule has 8 nitrogen and oxygen atoms in total. The Bertz CT molecular complexity index is 1110. The molecule has 1 unspecified atom stereocenters. The van der Waals surface area contributed by atoms with Gasteiger partial charge in [-0.05, 0) is 42.8 Å². The van der Waals surface area contributed by atoms with Gasteiger partial charge in [0.15, 0.2) is 6.10 Å². The van der Waals surface area contributed by atoms with E-state index >= 15 is 0 Å². The number of methoxy groups -OCH3 is 2. The minimum Gasteiger partial charge on any atom is -0.480 e. The second-order valence-electron chi connectivity index (χ2n) is 7.12. The lowest BCUT2D eigenvalue weighted by Gasteiger charge is -2.28. The first-order chi connectivity index (χ1) is 15.1. The van der Waals surface area contributed by atoms with Crippen LogP contribution in [0.25, 0.3) is 10.9 Å². The first kappa shape index (κ1) is 23.2. The molecule has 0 radical (unpaired) electrons. The highest BCUT2D eigenvalue weighted by atomic mass is 19.4. The average Bonchev–Trinajstić information content (AvgIpc) is 2.76. The topological polar surface area (TPSA) is 103 Å². The second-order valence-corrected chi connectivity index (χ2v) is 7.12. The number of carbonyl (C=O) groups excluding carboxylic acids is 1. The summed E-state index contributed by atoms with van der Waals surface area (Å²) in [6.45, 7) is 0.851. The largest absolute Gasteiger partial charge is 0.480 e. The zero-order chi connectivity index (χ0) is 23.5. The Kier molecular flexibility index (Phi) is 6.78. The summed E-state index contributed by atoms with van der Waals surface area (Å²) in [4.78, 5) is 18.5. The molecule has 0 aliphatic heterocycles. The lowest BCUT2D eigenvalue weighted by atomic mass is 10.1. The minimum absolute atomic E-state index is 0.196. The van der Waals surface area contributed by atoms with Crippen molar-refractivity contribution in [2.75, 3.05) is 26.5 Å². The van der Waals surface area contributed by atoms with E-state index in [1.807, 2.05) is 0 Å². The fourth-order valence-corrected chi connectivity index (χ4v) is 3.08. The Balaban J connectivity index is 1.95. The fraction of sp³-hybridized carbons (Fsp3) is 0.333. The van der Waals surface area contributed by atoms with Crippen molar-refractivity contribution in [2.45, 2.75) is 25.7 Å². The summed E-state index contributed by atoms with van der Waals surface area (Å²) in [6, 6.07) is 9.46. The number of benzene rings is 1. The van der Waals surface area contributed by atoms with Gasteiger partial charge in [-0.3, -0.25) is 4.79 Å². The summed E-state index contributed by atoms with van der Waals surface area (Å²) in [5, 5.41) is 8.37. The molecule has 1 amide bonds. The number of alkyl halides is 3. The van der Waals surface area contributed by atoms with Crippen molar-refractivity contribution < 1.29 is 27.4 Å². The molecule has 0 aliphatic rings. The number of hydrogen-bond donors (Lipinski definition) is 1. The van der Waals surface area contributed by atoms with Gasteiger partial charge < -0.3 is 20.1 Å². The molecular formula is C21H22F3N5O3. The SMILES string of the molecule is COc1ccc(CN(CC(OC)C(F)(F)F)C(=O)c2ccc3nc(N)c(C)cc3c2)nn1. The highest BCUT2D eigenvalue weighted by molar-refractivity contribution is 5.98. The minimum atomic E-state index is -4.65. The van der Waals surface area contributed by atoms with Crippen LogP contribution in [0.15, 0.2) is 36.4 Å². The van der Waals surface area contributed by atoms with Crippen molar-refractivity contribution >= 4 is 22.6 Å². The molecule has 1 atom stereocenters. The molecule has 2 heterocycles. The summed E-state index contributed by atoms with van der Waals surface area (Å²) in [6.07, 6.45) is -6.82. The molecule has 32 heavy (non-hydrogen) atoms. The van der Waals surface area contributed by atoms with Crippen LogP contribution in [0.2, 0.25) is 0 Å². The van der Waals surface area contributed by atoms with Crippen molar-refractivity contribution in [3.05, 3.63) is 53.2 Å². The molecule has 0 saturated heterocycles. The van der Waals surface area contributed by atoms with E-state index in [1.165, 1.54) is 25.3 Å². The van der Waals surface area contributed by atoms with Gasteiger partial charge in [-0.25, -0.2) is 4.98 Å². The zero-order valence-electron chi connectivity index (χ0n) is 17.7. The molecule has 0 saturated carbocycles. The molecule has 2 N–H and O–H groups in total. The van der Waals surface area contributed by atoms with Gasteiger partial charge >= 0.3 is 6.18 Å². The summed E-state index contributed by atoms with van der Waals surface area (Å²) < 4.78 is 49.6. The van der Waals surface area contributed by atoms with Crippen LogP contribution in [0.1, 0.15) is 21.6 Å². The fourth-order valence-electron chi connectivity index (χ4n) is 3.08. The zero-order valence-corrected chi connectivity index (χ0v) is 17.7. The molecule has 3 rings (SSSR count). The third kappa shape index (κ3) is 5.22. The molecule has 0 fully saturated rings. The van der Waals surface area contributed by atoms with E-state index in [0.717, 1.165) is 17.6 Å². The number of anilines is 1. The predicted molar refractivity (Wildman–Crippen MR) is 111 cm³/mol. The molecule has 0 spiro atoms. The lowest BCUT2D eigenvalue weighted by molar-refractivity contribution is -0.215. The normalized spacial score (nSPS) is 12.6. The molecule has 0 aliphatic carbocycles. The number of ether oxygens (including phenoxy) is 2. The van der Waals surface area contributed by atoms with Crippen LogP contribution in [-0.2, 0) is 11.3 Å². The lowest BCUT2D eigenvalue weighted by Crippen LogP contribution is -2.44. The number of pyridine rings is 1. The van der Waals surface area contributed by atoms with Crippen molar-refractivity contribution in [1.82, 2.24) is 20.1 Å². The van der Waals surface area contributed by atoms with Gasteiger partial charge in [0.05, 0.1) is 31.4 Å². The van der Waals surface area contributed by atoms with Crippen LogP contribution >= 0.6 is 0 Å². The first-order valence-corrected chi connectivity index (χ1v) is 9.54. The van der Waals surface area contributed by atoms with E-state index in [1.54, 1.807) is 25.1 Å². The van der Waals surface area contributed by atoms with Crippen LogP contribution in [0.4, 0.5) is 19.0 Å². The van der Waals surface area contributed by atoms with Crippen molar-refractivity contribution in [3.8, 4) is 5.88 Å². The number of carbonyl (C=O) groups is 1. The summed E-state index contributed by atoms with van der Waals surface area (Å²) in [7, 11) is 2.36. The maximum atomic E-state index is 13.3. The Morgan fingerprint density at radius 3 is 2.50 bits per heavy atom. The van der Waals surface area contributed by atoms with Gasteiger partial charge in [-0.15, -0.1) is 5.10 Å². The third-order valence-electron chi connectivity index (χ3n) is 4.87. The smallest absolute Gasteiger partial charge is 0.416 e. The number of nitrogens with zero attached hydrogens (tertiary/aromatic N) is 4. The Hall–Kier alpha value is -3.47. The molecular weight excluding hydrogens is 427 g/mol. The maximum absolute atomic E-state index is 13.3. The van der Waals surface area contributed by atoms with Crippen molar-refractivity contribution in [1.29, 1.82) is 0 Å². The van der Waals surface area contributed by atoms with E-state index in [-0.39, 0.29) is 18.0 Å². The first-order valence-electron chi connectivity index (χ1n) is 9.54. The number of amides is 1. The van der Waals surface area contributed by atoms with Gasteiger partial charge in [0, 0.05) is 24.1 Å². The second kappa shape index (κ2) is 9.35. The highest BCUT2D eigenvalue weighted by Gasteiger charge is 2.42. The Morgan fingerprint density at radius 2 is 1.91 bits per heavy atom. The number of halogens is 3. The number of fused-ring (bicyclic) bond motifs is 1. The van der Waals surface area contributed by atoms with Crippen molar-refractivity contribution in [3.63, 3.8) is 0 Å². The van der Waals surface area contributed by atoms with Crippen LogP contribution in [-0.4, -0.2) is 59.0 Å². The molecule has 0 bridgehead atoms. The summed E-state index contributed by atoms with van der Waals surface area (Å²) in [5.74, 6) is -0.0111. The van der Waals surface area contributed by atoms with E-state index < -0.39 is 24.7 Å². The number of aryl methyl sites for hydroxylation is 1. The molecule has 2 aromatic heterocycles. The van der Waals surface area contributed by atoms with Gasteiger partial charge in [-0.2, -0.15) is 18.3 Å². The van der Waals surface area contributed by atoms with Gasteiger partial charge in [0.25, 0.3) is 5.91 Å². The third-order valence-corrected chi connectivity index (χ3v) is 4.87. The van der Waals surface area contributed by atoms with Crippen LogP contribution in [0.5, 0.6) is 5.88 Å². The number of hydrogen-bond acceptors (Lipinski definition) is 7. The van der Waals surface area contributed by atoms with Gasteiger partial charge in [0.1, 0.15) is 5.82 Å². The van der Waals surface area contributed by atoms with Crippen molar-refractivity contribution in [2.24, 2.45) is 0 Å². The van der Waals surface area contributed by atoms with Gasteiger partial charge in [0.2, 0.25) is 5.88 Å². The summed E-state index contributed by atoms with van der Waals surface area (Å²) >= 11 is 0. The molecule has 170 valence electrons. The Labute approximate surface area is 182 Å². The van der Waals surface area contributed by atoms with E-state index in [4.69, 9.17) is 10.5 Å². The van der Waals surface area contributed by atoms with Crippen LogP contribution in [0, 0.1) is 6.92 Å². The summed E-state index contributed by atoms with van der Waals surface area (Å²) in [5.41, 5.74) is 7.61. The van der Waals surface area contributed by atoms with Gasteiger partial charge in [-0.1, -0.05) is 0 Å². The average molecular weight is 449 g/mol. The number of nitrogen functional groups attached to an aromatic ring is 1. The molecule has 1 aromatic carbocycles. The maximum Gasteiger partial charge on any atom is 0.416 e. The number of rotatable bonds is 7. The monoisotopic (exact) mass is 449 g/mol. The van der Waals surface area contributed by atoms with E-state index in [9.17, 15) is 18.0 Å². The van der Waals surface area contributed by atoms with Crippen LogP contribution < -0.4 is 10.5 Å². The molecule has 3 aromatic rings. The Morgan fingerprint density at radius 1 is 1.16 bits per heavy atom. The highest BCUT2D eigenvalue weighted by Crippen LogP contribution is 2.25. The van der Waals surface area contributed by atoms with Crippen LogP contribution in [0.3, 0.4) is 0 Å². The van der Waals surface area contributed by atoms with E-state index in [2.05, 4.69) is 19.9 Å².